The Balaban J connectivity index is 1.93. The van der Waals surface area contributed by atoms with Crippen LogP contribution in [0.5, 0.6) is 0 Å². The van der Waals surface area contributed by atoms with Crippen LogP contribution in [0.4, 0.5) is 0 Å². The zero-order valence-electron chi connectivity index (χ0n) is 18.6. The molecule has 1 aromatic carbocycles. The van der Waals surface area contributed by atoms with Crippen molar-refractivity contribution in [2.75, 3.05) is 6.54 Å². The van der Waals surface area contributed by atoms with Gasteiger partial charge in [-0.2, -0.15) is 0 Å². The van der Waals surface area contributed by atoms with Crippen LogP contribution in [0, 0.1) is 13.8 Å². The first-order chi connectivity index (χ1) is 13.6. The second kappa shape index (κ2) is 9.69. The van der Waals surface area contributed by atoms with Gasteiger partial charge in [-0.15, -0.1) is 0 Å². The summed E-state index contributed by atoms with van der Waals surface area (Å²) >= 11 is 0. The number of rotatable bonds is 7. The molecule has 1 saturated carbocycles. The minimum Gasteiger partial charge on any atom is -0.296 e. The summed E-state index contributed by atoms with van der Waals surface area (Å²) in [6, 6.07) is 9.81. The summed E-state index contributed by atoms with van der Waals surface area (Å²) in [7, 11) is 0. The molecule has 2 heteroatoms. The second-order valence-corrected chi connectivity index (χ2v) is 8.40. The predicted octanol–water partition coefficient (Wildman–Crippen LogP) is 6.64. The Labute approximate surface area is 172 Å². The Hall–Kier alpha value is -1.67. The highest BCUT2D eigenvalue weighted by Crippen LogP contribution is 2.31. The van der Waals surface area contributed by atoms with Crippen molar-refractivity contribution in [3.63, 3.8) is 0 Å². The van der Waals surface area contributed by atoms with E-state index in [0.29, 0.717) is 0 Å². The first-order valence-corrected chi connectivity index (χ1v) is 11.4. The molecule has 2 aromatic rings. The van der Waals surface area contributed by atoms with E-state index in [9.17, 15) is 0 Å². The Kier molecular flexibility index (Phi) is 7.29. The van der Waals surface area contributed by atoms with Crippen LogP contribution in [0.25, 0.3) is 11.3 Å². The standard InChI is InChI=1S/C26H38N2/c1-6-21-13-12-14-22(7-2)26(21)25-17-19(4)24(20(5)27-25)18-28(8-3)23-15-10-9-11-16-23/h12-14,17,23H,6-11,15-16,18H2,1-5H3. The molecule has 28 heavy (non-hydrogen) atoms. The maximum atomic E-state index is 5.13. The maximum Gasteiger partial charge on any atom is 0.0713 e. The fourth-order valence-electron chi connectivity index (χ4n) is 4.95. The molecule has 1 aromatic heterocycles. The van der Waals surface area contributed by atoms with Crippen LogP contribution in [0.3, 0.4) is 0 Å². The van der Waals surface area contributed by atoms with E-state index in [2.05, 4.69) is 63.8 Å². The van der Waals surface area contributed by atoms with Crippen molar-refractivity contribution in [1.29, 1.82) is 0 Å². The number of nitrogens with zero attached hydrogens (tertiary/aromatic N) is 2. The Morgan fingerprint density at radius 3 is 2.14 bits per heavy atom. The molecule has 0 spiro atoms. The van der Waals surface area contributed by atoms with E-state index in [1.165, 1.54) is 65.6 Å². The molecule has 0 aliphatic heterocycles. The molecule has 0 unspecified atom stereocenters. The number of pyridine rings is 1. The average molecular weight is 379 g/mol. The zero-order valence-corrected chi connectivity index (χ0v) is 18.6. The lowest BCUT2D eigenvalue weighted by Gasteiger charge is -2.34. The molecule has 1 aliphatic rings. The SMILES string of the molecule is CCc1cccc(CC)c1-c1cc(C)c(CN(CC)C2CCCCC2)c(C)n1. The molecule has 0 N–H and O–H groups in total. The van der Waals surface area contributed by atoms with Crippen LogP contribution >= 0.6 is 0 Å². The Bertz CT molecular complexity index is 742. The van der Waals surface area contributed by atoms with Crippen molar-refractivity contribution in [1.82, 2.24) is 9.88 Å². The van der Waals surface area contributed by atoms with E-state index in [4.69, 9.17) is 4.98 Å². The van der Waals surface area contributed by atoms with Gasteiger partial charge in [0, 0.05) is 23.8 Å². The van der Waals surface area contributed by atoms with E-state index in [-0.39, 0.29) is 0 Å². The third-order valence-corrected chi connectivity index (χ3v) is 6.67. The summed E-state index contributed by atoms with van der Waals surface area (Å²) in [5, 5.41) is 0. The number of hydrogen-bond acceptors (Lipinski definition) is 2. The number of aromatic nitrogens is 1. The van der Waals surface area contributed by atoms with E-state index < -0.39 is 0 Å². The van der Waals surface area contributed by atoms with Crippen molar-refractivity contribution in [2.45, 2.75) is 92.2 Å². The van der Waals surface area contributed by atoms with Gasteiger partial charge in [-0.25, -0.2) is 0 Å². The largest absolute Gasteiger partial charge is 0.296 e. The summed E-state index contributed by atoms with van der Waals surface area (Å²) in [5.41, 5.74) is 9.38. The van der Waals surface area contributed by atoms with Crippen molar-refractivity contribution < 1.29 is 0 Å². The Morgan fingerprint density at radius 1 is 0.964 bits per heavy atom. The topological polar surface area (TPSA) is 16.1 Å². The number of benzene rings is 1. The van der Waals surface area contributed by atoms with Gasteiger partial charge in [0.25, 0.3) is 0 Å². The van der Waals surface area contributed by atoms with Gasteiger partial charge in [0.15, 0.2) is 0 Å². The molecular formula is C26H38N2. The minimum absolute atomic E-state index is 0.754. The van der Waals surface area contributed by atoms with Gasteiger partial charge in [0.1, 0.15) is 0 Å². The molecule has 0 atom stereocenters. The molecule has 2 nitrogen and oxygen atoms in total. The van der Waals surface area contributed by atoms with Gasteiger partial charge >= 0.3 is 0 Å². The van der Waals surface area contributed by atoms with Gasteiger partial charge in [-0.05, 0) is 74.4 Å². The number of aryl methyl sites for hydroxylation is 4. The molecule has 0 bridgehead atoms. The summed E-state index contributed by atoms with van der Waals surface area (Å²) in [6.07, 6.45) is 9.03. The molecule has 1 aliphatic carbocycles. The van der Waals surface area contributed by atoms with Crippen LogP contribution in [-0.2, 0) is 19.4 Å². The molecule has 0 radical (unpaired) electrons. The highest BCUT2D eigenvalue weighted by Gasteiger charge is 2.22. The van der Waals surface area contributed by atoms with Gasteiger partial charge < -0.3 is 0 Å². The molecule has 3 rings (SSSR count). The lowest BCUT2D eigenvalue weighted by atomic mass is 9.92. The summed E-state index contributed by atoms with van der Waals surface area (Å²) < 4.78 is 0. The third kappa shape index (κ3) is 4.49. The van der Waals surface area contributed by atoms with E-state index in [1.54, 1.807) is 0 Å². The fourth-order valence-corrected chi connectivity index (χ4v) is 4.95. The molecule has 152 valence electrons. The first kappa shape index (κ1) is 21.0. The molecule has 1 fully saturated rings. The van der Waals surface area contributed by atoms with Crippen LogP contribution in [0.1, 0.15) is 80.8 Å². The molecule has 1 heterocycles. The lowest BCUT2D eigenvalue weighted by Crippen LogP contribution is -2.36. The van der Waals surface area contributed by atoms with Crippen LogP contribution < -0.4 is 0 Å². The Morgan fingerprint density at radius 2 is 1.61 bits per heavy atom. The average Bonchev–Trinajstić information content (AvgIpc) is 2.73. The van der Waals surface area contributed by atoms with Gasteiger partial charge in [-0.1, -0.05) is 58.2 Å². The third-order valence-electron chi connectivity index (χ3n) is 6.67. The highest BCUT2D eigenvalue weighted by molar-refractivity contribution is 5.69. The molecule has 0 amide bonds. The van der Waals surface area contributed by atoms with E-state index in [0.717, 1.165) is 37.7 Å². The quantitative estimate of drug-likeness (QED) is 0.536. The first-order valence-electron chi connectivity index (χ1n) is 11.4. The van der Waals surface area contributed by atoms with Gasteiger partial charge in [0.2, 0.25) is 0 Å². The number of hydrogen-bond donors (Lipinski definition) is 0. The smallest absolute Gasteiger partial charge is 0.0713 e. The second-order valence-electron chi connectivity index (χ2n) is 8.40. The normalized spacial score (nSPS) is 15.4. The summed E-state index contributed by atoms with van der Waals surface area (Å²) in [6.45, 7) is 13.5. The van der Waals surface area contributed by atoms with E-state index >= 15 is 0 Å². The van der Waals surface area contributed by atoms with E-state index in [1.807, 2.05) is 0 Å². The van der Waals surface area contributed by atoms with Crippen LogP contribution in [-0.4, -0.2) is 22.5 Å². The summed E-state index contributed by atoms with van der Waals surface area (Å²) in [4.78, 5) is 7.82. The monoisotopic (exact) mass is 378 g/mol. The zero-order chi connectivity index (χ0) is 20.1. The summed E-state index contributed by atoms with van der Waals surface area (Å²) in [5.74, 6) is 0. The van der Waals surface area contributed by atoms with Gasteiger partial charge in [0.05, 0.1) is 5.69 Å². The molecule has 0 saturated heterocycles. The van der Waals surface area contributed by atoms with Crippen molar-refractivity contribution in [2.24, 2.45) is 0 Å². The highest BCUT2D eigenvalue weighted by atomic mass is 15.1. The molecular weight excluding hydrogens is 340 g/mol. The lowest BCUT2D eigenvalue weighted by molar-refractivity contribution is 0.155. The van der Waals surface area contributed by atoms with Crippen LogP contribution in [0.15, 0.2) is 24.3 Å². The van der Waals surface area contributed by atoms with Crippen molar-refractivity contribution in [3.8, 4) is 11.3 Å². The van der Waals surface area contributed by atoms with Crippen molar-refractivity contribution in [3.05, 3.63) is 52.2 Å². The minimum atomic E-state index is 0.754. The maximum absolute atomic E-state index is 5.13. The predicted molar refractivity (Wildman–Crippen MR) is 121 cm³/mol. The van der Waals surface area contributed by atoms with Gasteiger partial charge in [-0.3, -0.25) is 9.88 Å². The van der Waals surface area contributed by atoms with Crippen LogP contribution in [0.2, 0.25) is 0 Å². The van der Waals surface area contributed by atoms with Crippen molar-refractivity contribution >= 4 is 0 Å². The fraction of sp³-hybridized carbons (Fsp3) is 0.577.